The largest absolute Gasteiger partial charge is 0.445 e. The van der Waals surface area contributed by atoms with Crippen molar-refractivity contribution in [2.75, 3.05) is 19.8 Å². The highest BCUT2D eigenvalue weighted by atomic mass is 16.5. The number of rotatable bonds is 3. The van der Waals surface area contributed by atoms with Crippen LogP contribution in [-0.2, 0) is 17.7 Å². The average molecular weight is 378 g/mol. The van der Waals surface area contributed by atoms with Gasteiger partial charge in [0.2, 0.25) is 0 Å². The number of fused-ring (bicyclic) bond motifs is 1. The summed E-state index contributed by atoms with van der Waals surface area (Å²) in [6.07, 6.45) is 4.32. The van der Waals surface area contributed by atoms with Crippen molar-refractivity contribution in [1.29, 1.82) is 0 Å². The number of aromatic nitrogens is 3. The van der Waals surface area contributed by atoms with Crippen LogP contribution in [0.3, 0.4) is 0 Å². The molecule has 1 amide bonds. The van der Waals surface area contributed by atoms with Gasteiger partial charge in [-0.2, -0.15) is 5.10 Å². The van der Waals surface area contributed by atoms with E-state index in [-0.39, 0.29) is 5.91 Å². The molecule has 144 valence electrons. The molecule has 0 spiro atoms. The Hall–Kier alpha value is -2.93. The van der Waals surface area contributed by atoms with Crippen molar-refractivity contribution in [2.45, 2.75) is 31.7 Å². The minimum absolute atomic E-state index is 0.0254. The van der Waals surface area contributed by atoms with E-state index in [0.29, 0.717) is 31.0 Å². The predicted molar refractivity (Wildman–Crippen MR) is 102 cm³/mol. The normalized spacial score (nSPS) is 17.5. The molecule has 0 bridgehead atoms. The number of oxazole rings is 1. The smallest absolute Gasteiger partial charge is 0.254 e. The lowest BCUT2D eigenvalue weighted by Crippen LogP contribution is -2.35. The summed E-state index contributed by atoms with van der Waals surface area (Å²) in [7, 11) is 0. The van der Waals surface area contributed by atoms with Gasteiger partial charge < -0.3 is 14.1 Å². The van der Waals surface area contributed by atoms with Crippen LogP contribution in [0.4, 0.5) is 0 Å². The Kier molecular flexibility index (Phi) is 4.44. The van der Waals surface area contributed by atoms with Crippen LogP contribution in [0.1, 0.15) is 46.5 Å². The number of carbonyl (C=O) groups is 1. The number of nitrogens with zero attached hydrogens (tertiary/aromatic N) is 3. The van der Waals surface area contributed by atoms with E-state index in [2.05, 4.69) is 10.2 Å². The maximum absolute atomic E-state index is 12.9. The van der Waals surface area contributed by atoms with Crippen LogP contribution in [0.25, 0.3) is 11.3 Å². The molecule has 0 saturated carbocycles. The fraction of sp³-hybridized carbons (Fsp3) is 0.381. The summed E-state index contributed by atoms with van der Waals surface area (Å²) in [5.41, 5.74) is 3.52. The minimum atomic E-state index is 0.0254. The minimum Gasteiger partial charge on any atom is -0.445 e. The topological polar surface area (TPSA) is 84.2 Å². The van der Waals surface area contributed by atoms with Crippen molar-refractivity contribution in [3.63, 3.8) is 0 Å². The first-order valence-corrected chi connectivity index (χ1v) is 9.73. The highest BCUT2D eigenvalue weighted by Gasteiger charge is 2.29. The van der Waals surface area contributed by atoms with Crippen molar-refractivity contribution in [1.82, 2.24) is 20.1 Å². The van der Waals surface area contributed by atoms with Gasteiger partial charge in [-0.25, -0.2) is 4.98 Å². The van der Waals surface area contributed by atoms with E-state index in [4.69, 9.17) is 14.1 Å². The molecule has 1 aromatic carbocycles. The summed E-state index contributed by atoms with van der Waals surface area (Å²) >= 11 is 0. The van der Waals surface area contributed by atoms with Gasteiger partial charge in [0.1, 0.15) is 11.5 Å². The quantitative estimate of drug-likeness (QED) is 0.757. The lowest BCUT2D eigenvalue weighted by molar-refractivity contribution is 0.0726. The van der Waals surface area contributed by atoms with E-state index < -0.39 is 0 Å². The molecule has 0 unspecified atom stereocenters. The Balaban J connectivity index is 1.30. The van der Waals surface area contributed by atoms with Crippen molar-refractivity contribution in [3.05, 3.63) is 59.4 Å². The Morgan fingerprint density at radius 2 is 1.96 bits per heavy atom. The number of benzene rings is 1. The Morgan fingerprint density at radius 3 is 2.71 bits per heavy atom. The first kappa shape index (κ1) is 17.2. The molecule has 3 aromatic rings. The van der Waals surface area contributed by atoms with Gasteiger partial charge in [0, 0.05) is 43.9 Å². The summed E-state index contributed by atoms with van der Waals surface area (Å²) in [4.78, 5) is 19.5. The number of amides is 1. The van der Waals surface area contributed by atoms with Crippen molar-refractivity contribution in [3.8, 4) is 11.3 Å². The van der Waals surface area contributed by atoms with Crippen LogP contribution >= 0.6 is 0 Å². The second kappa shape index (κ2) is 7.24. The molecule has 0 aliphatic carbocycles. The molecule has 7 heteroatoms. The number of carbonyl (C=O) groups excluding carboxylic acids is 1. The molecule has 2 aliphatic rings. The van der Waals surface area contributed by atoms with Crippen LogP contribution in [0.2, 0.25) is 0 Å². The third-order valence-corrected chi connectivity index (χ3v) is 5.55. The monoisotopic (exact) mass is 378 g/mol. The highest BCUT2D eigenvalue weighted by Crippen LogP contribution is 2.30. The van der Waals surface area contributed by atoms with Crippen LogP contribution in [0, 0.1) is 0 Å². The van der Waals surface area contributed by atoms with E-state index in [1.165, 1.54) is 0 Å². The van der Waals surface area contributed by atoms with Crippen LogP contribution in [0.15, 0.2) is 40.9 Å². The number of hydrogen-bond donors (Lipinski definition) is 1. The molecular weight excluding hydrogens is 356 g/mol. The summed E-state index contributed by atoms with van der Waals surface area (Å²) in [6.45, 7) is 2.67. The maximum atomic E-state index is 12.9. The van der Waals surface area contributed by atoms with Crippen molar-refractivity contribution >= 4 is 5.91 Å². The molecule has 1 N–H and O–H groups in total. The fourth-order valence-electron chi connectivity index (χ4n) is 3.90. The predicted octanol–water partition coefficient (Wildman–Crippen LogP) is 3.16. The number of nitrogens with one attached hydrogen (secondary N) is 1. The van der Waals surface area contributed by atoms with Crippen LogP contribution in [-0.4, -0.2) is 45.7 Å². The van der Waals surface area contributed by atoms with E-state index >= 15 is 0 Å². The zero-order chi connectivity index (χ0) is 18.9. The molecule has 7 nitrogen and oxygen atoms in total. The highest BCUT2D eigenvalue weighted by molar-refractivity contribution is 5.94. The molecule has 2 aliphatic heterocycles. The van der Waals surface area contributed by atoms with Gasteiger partial charge in [0.25, 0.3) is 5.91 Å². The third kappa shape index (κ3) is 3.22. The Bertz CT molecular complexity index is 956. The molecule has 5 rings (SSSR count). The van der Waals surface area contributed by atoms with E-state index in [1.54, 1.807) is 6.20 Å². The van der Waals surface area contributed by atoms with Gasteiger partial charge in [-0.05, 0) is 36.6 Å². The number of hydrogen-bond acceptors (Lipinski definition) is 5. The van der Waals surface area contributed by atoms with Gasteiger partial charge in [-0.1, -0.05) is 12.1 Å². The molecule has 1 saturated heterocycles. The van der Waals surface area contributed by atoms with Crippen LogP contribution in [0.5, 0.6) is 0 Å². The lowest BCUT2D eigenvalue weighted by Gasteiger charge is -2.25. The molecule has 1 fully saturated rings. The van der Waals surface area contributed by atoms with Gasteiger partial charge in [-0.15, -0.1) is 0 Å². The van der Waals surface area contributed by atoms with Crippen molar-refractivity contribution in [2.24, 2.45) is 0 Å². The SMILES string of the molecule is O=C(c1ccc(-c2ccn[nH]2)cc1)N1CCc2oc(C3CCOCC3)nc2C1. The van der Waals surface area contributed by atoms with Gasteiger partial charge >= 0.3 is 0 Å². The number of ether oxygens (including phenoxy) is 1. The Labute approximate surface area is 162 Å². The average Bonchev–Trinajstić information content (AvgIpc) is 3.43. The lowest BCUT2D eigenvalue weighted by atomic mass is 10.0. The first-order chi connectivity index (χ1) is 13.8. The second-order valence-corrected chi connectivity index (χ2v) is 7.33. The van der Waals surface area contributed by atoms with E-state index in [1.807, 2.05) is 35.2 Å². The van der Waals surface area contributed by atoms with Crippen molar-refractivity contribution < 1.29 is 13.9 Å². The second-order valence-electron chi connectivity index (χ2n) is 7.33. The summed E-state index contributed by atoms with van der Waals surface area (Å²) < 4.78 is 11.4. The maximum Gasteiger partial charge on any atom is 0.254 e. The number of aromatic amines is 1. The molecule has 0 atom stereocenters. The summed E-state index contributed by atoms with van der Waals surface area (Å²) in [6, 6.07) is 9.52. The Morgan fingerprint density at radius 1 is 1.14 bits per heavy atom. The molecular formula is C21H22N4O3. The third-order valence-electron chi connectivity index (χ3n) is 5.55. The molecule has 4 heterocycles. The van der Waals surface area contributed by atoms with Crippen LogP contribution < -0.4 is 0 Å². The molecule has 28 heavy (non-hydrogen) atoms. The van der Waals surface area contributed by atoms with Gasteiger partial charge in [0.05, 0.1) is 12.2 Å². The molecule has 2 aromatic heterocycles. The number of H-pyrrole nitrogens is 1. The standard InChI is InChI=1S/C21H22N4O3/c26-21(16-3-1-14(2-4-16)17-5-9-22-24-17)25-10-6-19-18(13-25)23-20(28-19)15-7-11-27-12-8-15/h1-5,9,15H,6-8,10-13H2,(H,22,24). The van der Waals surface area contributed by atoms with Gasteiger partial charge in [0.15, 0.2) is 5.89 Å². The van der Waals surface area contributed by atoms with Gasteiger partial charge in [-0.3, -0.25) is 9.89 Å². The zero-order valence-electron chi connectivity index (χ0n) is 15.6. The molecule has 0 radical (unpaired) electrons. The summed E-state index contributed by atoms with van der Waals surface area (Å²) in [5, 5.41) is 6.90. The van der Waals surface area contributed by atoms with E-state index in [0.717, 1.165) is 54.7 Å². The summed E-state index contributed by atoms with van der Waals surface area (Å²) in [5.74, 6) is 2.10. The fourth-order valence-corrected chi connectivity index (χ4v) is 3.90. The van der Waals surface area contributed by atoms with E-state index in [9.17, 15) is 4.79 Å². The zero-order valence-corrected chi connectivity index (χ0v) is 15.6. The first-order valence-electron chi connectivity index (χ1n) is 9.73.